The van der Waals surface area contributed by atoms with Crippen molar-refractivity contribution >= 4 is 5.91 Å². The Labute approximate surface area is 173 Å². The summed E-state index contributed by atoms with van der Waals surface area (Å²) in [5, 5.41) is 12.6. The van der Waals surface area contributed by atoms with E-state index in [9.17, 15) is 9.90 Å². The number of carbonyl (C=O) groups excluding carboxylic acids is 1. The molecule has 2 aromatic rings. The van der Waals surface area contributed by atoms with Crippen LogP contribution in [0.1, 0.15) is 42.7 Å². The van der Waals surface area contributed by atoms with E-state index in [1.165, 1.54) is 5.56 Å². The average Bonchev–Trinajstić information content (AvgIpc) is 2.79. The van der Waals surface area contributed by atoms with Crippen molar-refractivity contribution in [3.8, 4) is 5.75 Å². The topological polar surface area (TPSA) is 67.8 Å². The summed E-state index contributed by atoms with van der Waals surface area (Å²) in [6.45, 7) is 1.88. The van der Waals surface area contributed by atoms with E-state index in [-0.39, 0.29) is 18.4 Å². The number of rotatable bonds is 9. The minimum absolute atomic E-state index is 0.0572. The molecule has 0 bridgehead atoms. The number of nitrogens with one attached hydrogen (secondary N) is 1. The molecule has 3 rings (SSSR count). The summed E-state index contributed by atoms with van der Waals surface area (Å²) in [7, 11) is 1.64. The molecule has 0 spiro atoms. The van der Waals surface area contributed by atoms with Gasteiger partial charge in [0.25, 0.3) is 0 Å². The van der Waals surface area contributed by atoms with Crippen LogP contribution in [0.4, 0.5) is 0 Å². The predicted molar refractivity (Wildman–Crippen MR) is 113 cm³/mol. The quantitative estimate of drug-likeness (QED) is 0.680. The zero-order valence-electron chi connectivity index (χ0n) is 17.1. The van der Waals surface area contributed by atoms with Crippen molar-refractivity contribution in [1.29, 1.82) is 0 Å². The van der Waals surface area contributed by atoms with Crippen LogP contribution in [0.25, 0.3) is 0 Å². The monoisotopic (exact) mass is 397 g/mol. The summed E-state index contributed by atoms with van der Waals surface area (Å²) in [5.74, 6) is 1.07. The molecule has 1 heterocycles. The van der Waals surface area contributed by atoms with Gasteiger partial charge in [-0.05, 0) is 54.9 Å². The van der Waals surface area contributed by atoms with Gasteiger partial charge in [0, 0.05) is 26.4 Å². The number of aliphatic hydroxyl groups excluding tert-OH is 1. The summed E-state index contributed by atoms with van der Waals surface area (Å²) in [5.41, 5.74) is 1.64. The Morgan fingerprint density at radius 3 is 2.41 bits per heavy atom. The number of hydrogen-bond acceptors (Lipinski definition) is 4. The Morgan fingerprint density at radius 2 is 1.79 bits per heavy atom. The van der Waals surface area contributed by atoms with Crippen LogP contribution in [-0.4, -0.2) is 44.5 Å². The van der Waals surface area contributed by atoms with Crippen LogP contribution >= 0.6 is 0 Å². The SMILES string of the molecule is COc1ccc(C2(C(=O)NCCC(CCO)c3ccccc3)CCOCC2)cc1. The Hall–Kier alpha value is -2.37. The van der Waals surface area contributed by atoms with E-state index in [1.54, 1.807) is 7.11 Å². The maximum atomic E-state index is 13.3. The highest BCUT2D eigenvalue weighted by Gasteiger charge is 2.41. The van der Waals surface area contributed by atoms with Crippen molar-refractivity contribution in [1.82, 2.24) is 5.32 Å². The number of ether oxygens (including phenoxy) is 2. The Balaban J connectivity index is 1.68. The third kappa shape index (κ3) is 5.17. The summed E-state index contributed by atoms with van der Waals surface area (Å²) in [6, 6.07) is 18.0. The molecule has 2 N–H and O–H groups in total. The van der Waals surface area contributed by atoms with Crippen molar-refractivity contribution in [3.05, 3.63) is 65.7 Å². The molecule has 1 unspecified atom stereocenters. The van der Waals surface area contributed by atoms with E-state index in [0.29, 0.717) is 39.0 Å². The van der Waals surface area contributed by atoms with Gasteiger partial charge in [-0.1, -0.05) is 42.5 Å². The van der Waals surface area contributed by atoms with E-state index in [2.05, 4.69) is 17.4 Å². The number of carbonyl (C=O) groups is 1. The predicted octanol–water partition coefficient (Wildman–Crippen LogP) is 3.42. The van der Waals surface area contributed by atoms with Gasteiger partial charge < -0.3 is 19.9 Å². The molecule has 5 heteroatoms. The maximum Gasteiger partial charge on any atom is 0.230 e. The first-order valence-electron chi connectivity index (χ1n) is 10.4. The van der Waals surface area contributed by atoms with Crippen LogP contribution in [-0.2, 0) is 14.9 Å². The summed E-state index contributed by atoms with van der Waals surface area (Å²) in [6.07, 6.45) is 2.83. The molecule has 1 aliphatic rings. The van der Waals surface area contributed by atoms with Gasteiger partial charge in [-0.25, -0.2) is 0 Å². The number of hydrogen-bond donors (Lipinski definition) is 2. The molecule has 1 fully saturated rings. The molecule has 1 saturated heterocycles. The summed E-state index contributed by atoms with van der Waals surface area (Å²) >= 11 is 0. The molecule has 5 nitrogen and oxygen atoms in total. The van der Waals surface area contributed by atoms with Gasteiger partial charge in [-0.3, -0.25) is 4.79 Å². The molecule has 1 amide bonds. The number of methoxy groups -OCH3 is 1. The number of aliphatic hydroxyl groups is 1. The standard InChI is InChI=1S/C24H31NO4/c1-28-22-9-7-21(8-10-22)24(13-17-29-18-14-24)23(27)25-15-11-20(12-16-26)19-5-3-2-4-6-19/h2-10,20,26H,11-18H2,1H3,(H,25,27). The average molecular weight is 398 g/mol. The minimum atomic E-state index is -0.566. The smallest absolute Gasteiger partial charge is 0.230 e. The zero-order valence-corrected chi connectivity index (χ0v) is 17.1. The lowest BCUT2D eigenvalue weighted by atomic mass is 9.73. The number of amides is 1. The molecule has 2 aromatic carbocycles. The minimum Gasteiger partial charge on any atom is -0.497 e. The lowest BCUT2D eigenvalue weighted by molar-refractivity contribution is -0.130. The third-order valence-electron chi connectivity index (χ3n) is 5.95. The molecule has 0 aliphatic carbocycles. The van der Waals surface area contributed by atoms with E-state index < -0.39 is 5.41 Å². The van der Waals surface area contributed by atoms with Gasteiger partial charge >= 0.3 is 0 Å². The Morgan fingerprint density at radius 1 is 1.10 bits per heavy atom. The summed E-state index contributed by atoms with van der Waals surface area (Å²) < 4.78 is 10.8. The lowest BCUT2D eigenvalue weighted by Gasteiger charge is -2.36. The highest BCUT2D eigenvalue weighted by atomic mass is 16.5. The molecule has 0 aromatic heterocycles. The first-order valence-corrected chi connectivity index (χ1v) is 10.4. The Kier molecular flexibility index (Phi) is 7.67. The van der Waals surface area contributed by atoms with Gasteiger partial charge in [0.2, 0.25) is 5.91 Å². The lowest BCUT2D eigenvalue weighted by Crippen LogP contribution is -2.48. The molecule has 156 valence electrons. The molecule has 29 heavy (non-hydrogen) atoms. The van der Waals surface area contributed by atoms with Gasteiger partial charge in [0.05, 0.1) is 12.5 Å². The van der Waals surface area contributed by atoms with Gasteiger partial charge in [0.1, 0.15) is 5.75 Å². The van der Waals surface area contributed by atoms with Gasteiger partial charge in [-0.2, -0.15) is 0 Å². The largest absolute Gasteiger partial charge is 0.497 e. The van der Waals surface area contributed by atoms with Crippen LogP contribution < -0.4 is 10.1 Å². The molecule has 1 aliphatic heterocycles. The highest BCUT2D eigenvalue weighted by Crippen LogP contribution is 2.36. The zero-order chi connectivity index (χ0) is 20.5. The fraction of sp³-hybridized carbons (Fsp3) is 0.458. The van der Waals surface area contributed by atoms with E-state index >= 15 is 0 Å². The second kappa shape index (κ2) is 10.4. The van der Waals surface area contributed by atoms with Crippen LogP contribution in [0.2, 0.25) is 0 Å². The van der Waals surface area contributed by atoms with Crippen molar-refractivity contribution in [2.75, 3.05) is 33.5 Å². The van der Waals surface area contributed by atoms with Gasteiger partial charge in [0.15, 0.2) is 0 Å². The molecule has 0 saturated carbocycles. The fourth-order valence-electron chi connectivity index (χ4n) is 4.16. The highest BCUT2D eigenvalue weighted by molar-refractivity contribution is 5.88. The van der Waals surface area contributed by atoms with Crippen LogP contribution in [0.15, 0.2) is 54.6 Å². The first kappa shape index (κ1) is 21.3. The second-order valence-corrected chi connectivity index (χ2v) is 7.59. The molecule has 1 atom stereocenters. The number of benzene rings is 2. The Bertz CT molecular complexity index is 754. The second-order valence-electron chi connectivity index (χ2n) is 7.59. The molecular weight excluding hydrogens is 366 g/mol. The van der Waals surface area contributed by atoms with Crippen molar-refractivity contribution in [2.24, 2.45) is 0 Å². The van der Waals surface area contributed by atoms with Crippen molar-refractivity contribution < 1.29 is 19.4 Å². The van der Waals surface area contributed by atoms with Gasteiger partial charge in [-0.15, -0.1) is 0 Å². The van der Waals surface area contributed by atoms with Crippen LogP contribution in [0.5, 0.6) is 5.75 Å². The van der Waals surface area contributed by atoms with Crippen molar-refractivity contribution in [2.45, 2.75) is 37.0 Å². The van der Waals surface area contributed by atoms with E-state index in [4.69, 9.17) is 9.47 Å². The molecule has 0 radical (unpaired) electrons. The first-order chi connectivity index (χ1) is 14.2. The van der Waals surface area contributed by atoms with Crippen LogP contribution in [0, 0.1) is 0 Å². The van der Waals surface area contributed by atoms with Crippen LogP contribution in [0.3, 0.4) is 0 Å². The van der Waals surface area contributed by atoms with E-state index in [1.807, 2.05) is 42.5 Å². The summed E-state index contributed by atoms with van der Waals surface area (Å²) in [4.78, 5) is 13.3. The third-order valence-corrected chi connectivity index (χ3v) is 5.95. The normalized spacial score (nSPS) is 16.8. The molecular formula is C24H31NO4. The van der Waals surface area contributed by atoms with E-state index in [0.717, 1.165) is 17.7 Å². The maximum absolute atomic E-state index is 13.3. The fourth-order valence-corrected chi connectivity index (χ4v) is 4.16. The van der Waals surface area contributed by atoms with Crippen molar-refractivity contribution in [3.63, 3.8) is 0 Å².